The number of carbonyl (C=O) groups excluding carboxylic acids is 2. The normalized spacial score (nSPS) is 17.7. The van der Waals surface area contributed by atoms with Gasteiger partial charge in [0, 0.05) is 31.9 Å². The Bertz CT molecular complexity index is 968. The van der Waals surface area contributed by atoms with Crippen LogP contribution in [0.1, 0.15) is 60.0 Å². The first kappa shape index (κ1) is 24.0. The molecule has 0 spiro atoms. The lowest BCUT2D eigenvalue weighted by atomic mass is 9.93. The number of aromatic nitrogens is 4. The summed E-state index contributed by atoms with van der Waals surface area (Å²) >= 11 is 6.26. The van der Waals surface area contributed by atoms with Crippen molar-refractivity contribution in [2.75, 3.05) is 18.8 Å². The van der Waals surface area contributed by atoms with E-state index in [0.29, 0.717) is 47.1 Å². The van der Waals surface area contributed by atoms with E-state index in [0.717, 1.165) is 37.7 Å². The molecule has 3 heterocycles. The number of rotatable bonds is 6. The summed E-state index contributed by atoms with van der Waals surface area (Å²) in [6, 6.07) is -0.595. The lowest BCUT2D eigenvalue weighted by Gasteiger charge is -2.25. The number of likely N-dealkylation sites (tertiary alicyclic amines) is 1. The van der Waals surface area contributed by atoms with Crippen LogP contribution in [0.15, 0.2) is 6.20 Å². The molecule has 3 N–H and O–H groups in total. The van der Waals surface area contributed by atoms with Crippen LogP contribution in [0.5, 0.6) is 0 Å². The third-order valence-corrected chi connectivity index (χ3v) is 6.35. The van der Waals surface area contributed by atoms with Crippen molar-refractivity contribution in [2.45, 2.75) is 58.9 Å². The molecular weight excluding hydrogens is 430 g/mol. The Morgan fingerprint density at radius 3 is 2.69 bits per heavy atom. The van der Waals surface area contributed by atoms with Crippen LogP contribution < -0.4 is 11.1 Å². The molecule has 3 rings (SSSR count). The molecule has 2 amide bonds. The van der Waals surface area contributed by atoms with Crippen LogP contribution in [0, 0.1) is 19.8 Å². The van der Waals surface area contributed by atoms with Crippen LogP contribution >= 0.6 is 11.6 Å². The molecule has 0 aromatic carbocycles. The quantitative estimate of drug-likeness (QED) is 0.637. The van der Waals surface area contributed by atoms with E-state index in [-0.39, 0.29) is 11.8 Å². The van der Waals surface area contributed by atoms with Crippen LogP contribution in [-0.2, 0) is 18.3 Å². The average Bonchev–Trinajstić information content (AvgIpc) is 2.91. The molecule has 10 heteroatoms. The topological polar surface area (TPSA) is 119 Å². The summed E-state index contributed by atoms with van der Waals surface area (Å²) in [5.74, 6) is 1.15. The van der Waals surface area contributed by atoms with Crippen molar-refractivity contribution in [3.8, 4) is 0 Å². The zero-order valence-electron chi connectivity index (χ0n) is 19.2. The van der Waals surface area contributed by atoms with Gasteiger partial charge >= 0.3 is 0 Å². The maximum Gasteiger partial charge on any atom is 0.255 e. The summed E-state index contributed by atoms with van der Waals surface area (Å²) in [5.41, 5.74) is 7.96. The standard InChI is InChI=1S/C22H32ClN7O2/c1-13-18(12-29(4)28-13)21(31)25-14(2)22(32)30-10-5-6-16(9-11-30)7-8-17-19(23)26-15(3)27-20(17)24/h12,14,16H,5-11H2,1-4H3,(H,25,31)(H2,24,26,27)/t14-,16?/m0/s1. The van der Waals surface area contributed by atoms with E-state index in [1.165, 1.54) is 0 Å². The third-order valence-electron chi connectivity index (χ3n) is 6.04. The monoisotopic (exact) mass is 461 g/mol. The Kier molecular flexibility index (Phi) is 7.71. The molecule has 1 aliphatic rings. The largest absolute Gasteiger partial charge is 0.383 e. The molecule has 174 valence electrons. The van der Waals surface area contributed by atoms with Crippen molar-refractivity contribution in [2.24, 2.45) is 13.0 Å². The minimum Gasteiger partial charge on any atom is -0.383 e. The molecule has 1 saturated heterocycles. The Morgan fingerprint density at radius 2 is 2.03 bits per heavy atom. The SMILES string of the molecule is Cc1nc(N)c(CCC2CCCN(C(=O)[C@H](C)NC(=O)c3cn(C)nc3C)CC2)c(Cl)n1. The lowest BCUT2D eigenvalue weighted by Crippen LogP contribution is -2.47. The first-order valence-electron chi connectivity index (χ1n) is 11.0. The summed E-state index contributed by atoms with van der Waals surface area (Å²) in [6.07, 6.45) is 6.16. The van der Waals surface area contributed by atoms with Crippen LogP contribution in [0.2, 0.25) is 5.15 Å². The van der Waals surface area contributed by atoms with Gasteiger partial charge in [0.1, 0.15) is 22.8 Å². The minimum atomic E-state index is -0.595. The fourth-order valence-corrected chi connectivity index (χ4v) is 4.58. The number of nitrogens with two attached hydrogens (primary N) is 1. The fourth-order valence-electron chi connectivity index (χ4n) is 4.27. The van der Waals surface area contributed by atoms with Gasteiger partial charge < -0.3 is 16.0 Å². The second kappa shape index (κ2) is 10.3. The smallest absolute Gasteiger partial charge is 0.255 e. The van der Waals surface area contributed by atoms with Crippen molar-refractivity contribution in [3.63, 3.8) is 0 Å². The van der Waals surface area contributed by atoms with Crippen molar-refractivity contribution < 1.29 is 9.59 Å². The number of carbonyl (C=O) groups is 2. The molecular formula is C22H32ClN7O2. The number of hydrogen-bond donors (Lipinski definition) is 2. The number of anilines is 1. The predicted octanol–water partition coefficient (Wildman–Crippen LogP) is 2.44. The molecule has 1 aliphatic heterocycles. The van der Waals surface area contributed by atoms with Gasteiger partial charge in [-0.15, -0.1) is 0 Å². The number of nitrogen functional groups attached to an aromatic ring is 1. The predicted molar refractivity (Wildman–Crippen MR) is 123 cm³/mol. The first-order chi connectivity index (χ1) is 15.2. The van der Waals surface area contributed by atoms with E-state index in [2.05, 4.69) is 20.4 Å². The van der Waals surface area contributed by atoms with E-state index < -0.39 is 6.04 Å². The Hall–Kier alpha value is -2.68. The van der Waals surface area contributed by atoms with Crippen LogP contribution in [0.4, 0.5) is 5.82 Å². The molecule has 1 unspecified atom stereocenters. The van der Waals surface area contributed by atoms with Gasteiger partial charge in [0.2, 0.25) is 5.91 Å². The molecule has 9 nitrogen and oxygen atoms in total. The number of nitrogens with one attached hydrogen (secondary N) is 1. The molecule has 2 aromatic heterocycles. The Balaban J connectivity index is 1.52. The number of hydrogen-bond acceptors (Lipinski definition) is 6. The summed E-state index contributed by atoms with van der Waals surface area (Å²) < 4.78 is 1.59. The zero-order valence-corrected chi connectivity index (χ0v) is 19.9. The zero-order chi connectivity index (χ0) is 23.4. The van der Waals surface area contributed by atoms with Gasteiger partial charge in [-0.05, 0) is 58.8 Å². The molecule has 0 saturated carbocycles. The highest BCUT2D eigenvalue weighted by Gasteiger charge is 2.26. The summed E-state index contributed by atoms with van der Waals surface area (Å²) in [4.78, 5) is 35.8. The highest BCUT2D eigenvalue weighted by molar-refractivity contribution is 6.30. The first-order valence-corrected chi connectivity index (χ1v) is 11.4. The number of halogens is 1. The third kappa shape index (κ3) is 5.76. The van der Waals surface area contributed by atoms with Crippen molar-refractivity contribution in [1.29, 1.82) is 0 Å². The van der Waals surface area contributed by atoms with Gasteiger partial charge in [-0.3, -0.25) is 14.3 Å². The van der Waals surface area contributed by atoms with Gasteiger partial charge in [0.15, 0.2) is 0 Å². The number of aryl methyl sites for hydroxylation is 3. The van der Waals surface area contributed by atoms with Gasteiger partial charge in [-0.25, -0.2) is 9.97 Å². The molecule has 0 bridgehead atoms. The maximum atomic E-state index is 13.0. The highest BCUT2D eigenvalue weighted by Crippen LogP contribution is 2.27. The van der Waals surface area contributed by atoms with Crippen LogP contribution in [0.3, 0.4) is 0 Å². The van der Waals surface area contributed by atoms with Crippen molar-refractivity contribution >= 4 is 29.2 Å². The highest BCUT2D eigenvalue weighted by atomic mass is 35.5. The van der Waals surface area contributed by atoms with E-state index in [4.69, 9.17) is 17.3 Å². The summed E-state index contributed by atoms with van der Waals surface area (Å²) in [5, 5.41) is 7.43. The molecule has 0 aliphatic carbocycles. The molecule has 2 aromatic rings. The Morgan fingerprint density at radius 1 is 1.28 bits per heavy atom. The van der Waals surface area contributed by atoms with Gasteiger partial charge in [-0.1, -0.05) is 11.6 Å². The second-order valence-corrected chi connectivity index (χ2v) is 8.94. The van der Waals surface area contributed by atoms with Crippen LogP contribution in [-0.4, -0.2) is 55.6 Å². The van der Waals surface area contributed by atoms with Gasteiger partial charge in [0.05, 0.1) is 11.3 Å². The minimum absolute atomic E-state index is 0.0558. The number of nitrogens with zero attached hydrogens (tertiary/aromatic N) is 5. The molecule has 32 heavy (non-hydrogen) atoms. The summed E-state index contributed by atoms with van der Waals surface area (Å²) in [7, 11) is 1.76. The maximum absolute atomic E-state index is 13.0. The van der Waals surface area contributed by atoms with Crippen molar-refractivity contribution in [3.05, 3.63) is 34.0 Å². The fraction of sp³-hybridized carbons (Fsp3) is 0.591. The van der Waals surface area contributed by atoms with E-state index in [1.807, 2.05) is 4.90 Å². The van der Waals surface area contributed by atoms with E-state index >= 15 is 0 Å². The van der Waals surface area contributed by atoms with E-state index in [9.17, 15) is 9.59 Å². The van der Waals surface area contributed by atoms with Crippen LogP contribution in [0.25, 0.3) is 0 Å². The van der Waals surface area contributed by atoms with E-state index in [1.54, 1.807) is 38.7 Å². The molecule has 2 atom stereocenters. The second-order valence-electron chi connectivity index (χ2n) is 8.58. The van der Waals surface area contributed by atoms with Crippen molar-refractivity contribution in [1.82, 2.24) is 30.0 Å². The van der Waals surface area contributed by atoms with Gasteiger partial charge in [-0.2, -0.15) is 5.10 Å². The van der Waals surface area contributed by atoms with Gasteiger partial charge in [0.25, 0.3) is 5.91 Å². The average molecular weight is 462 g/mol. The molecule has 0 radical (unpaired) electrons. The summed E-state index contributed by atoms with van der Waals surface area (Å²) in [6.45, 7) is 6.64. The Labute approximate surface area is 193 Å². The molecule has 1 fully saturated rings. The lowest BCUT2D eigenvalue weighted by molar-refractivity contribution is -0.132. The number of amides is 2.